The van der Waals surface area contributed by atoms with Crippen molar-refractivity contribution >= 4 is 34.2 Å². The monoisotopic (exact) mass is 314 g/mol. The lowest BCUT2D eigenvalue weighted by Gasteiger charge is -2.27. The maximum atomic E-state index is 11.7. The first-order valence-corrected chi connectivity index (χ1v) is 9.18. The fraction of sp³-hybridized carbons (Fsp3) is 0.714. The van der Waals surface area contributed by atoms with Crippen LogP contribution in [0.25, 0.3) is 0 Å². The Balaban J connectivity index is 1.94. The van der Waals surface area contributed by atoms with Crippen LogP contribution in [-0.2, 0) is 4.74 Å². The van der Waals surface area contributed by atoms with Crippen LogP contribution in [0.15, 0.2) is 0 Å². The Labute approximate surface area is 128 Å². The van der Waals surface area contributed by atoms with Crippen molar-refractivity contribution in [3.05, 3.63) is 10.6 Å². The fourth-order valence-electron chi connectivity index (χ4n) is 2.46. The number of nitrogens with one attached hydrogen (secondary N) is 1. The highest BCUT2D eigenvalue weighted by Crippen LogP contribution is 2.30. The van der Waals surface area contributed by atoms with Crippen LogP contribution in [0.4, 0.5) is 5.13 Å². The van der Waals surface area contributed by atoms with E-state index in [4.69, 9.17) is 4.74 Å². The zero-order chi connectivity index (χ0) is 14.5. The van der Waals surface area contributed by atoms with Gasteiger partial charge in [0.05, 0.1) is 6.61 Å². The minimum Gasteiger partial charge on any atom is -0.461 e. The molecule has 1 aromatic heterocycles. The number of hydrogen-bond acceptors (Lipinski definition) is 6. The van der Waals surface area contributed by atoms with Crippen molar-refractivity contribution in [1.29, 1.82) is 0 Å². The predicted octanol–water partition coefficient (Wildman–Crippen LogP) is 3.71. The summed E-state index contributed by atoms with van der Waals surface area (Å²) in [5, 5.41) is 5.13. The van der Waals surface area contributed by atoms with E-state index in [1.54, 1.807) is 11.3 Å². The Morgan fingerprint density at radius 1 is 1.45 bits per heavy atom. The summed E-state index contributed by atoms with van der Waals surface area (Å²) in [6.07, 6.45) is 7.06. The molecule has 112 valence electrons. The second-order valence-electron chi connectivity index (χ2n) is 5.00. The molecule has 0 spiro atoms. The van der Waals surface area contributed by atoms with Gasteiger partial charge in [0.25, 0.3) is 0 Å². The van der Waals surface area contributed by atoms with Crippen molar-refractivity contribution in [3.63, 3.8) is 0 Å². The Hall–Kier alpha value is -0.750. The van der Waals surface area contributed by atoms with Crippen molar-refractivity contribution < 1.29 is 9.53 Å². The molecule has 20 heavy (non-hydrogen) atoms. The minimum absolute atomic E-state index is 0.319. The number of carbonyl (C=O) groups excluding carboxylic acids is 1. The van der Waals surface area contributed by atoms with E-state index in [2.05, 4.69) is 16.6 Å². The zero-order valence-electron chi connectivity index (χ0n) is 12.3. The number of nitrogens with zero attached hydrogens (tertiary/aromatic N) is 1. The number of thiazole rings is 1. The van der Waals surface area contributed by atoms with Crippen LogP contribution >= 0.6 is 23.1 Å². The van der Waals surface area contributed by atoms with Gasteiger partial charge in [-0.2, -0.15) is 11.8 Å². The normalized spacial score (nSPS) is 22.6. The molecule has 1 heterocycles. The van der Waals surface area contributed by atoms with Gasteiger partial charge in [-0.05, 0) is 45.8 Å². The molecule has 2 rings (SSSR count). The molecule has 4 nitrogen and oxygen atoms in total. The number of esters is 1. The number of aromatic nitrogens is 1. The third-order valence-corrected chi connectivity index (χ3v) is 5.64. The van der Waals surface area contributed by atoms with Gasteiger partial charge in [0.2, 0.25) is 0 Å². The van der Waals surface area contributed by atoms with Crippen LogP contribution in [0.3, 0.4) is 0 Å². The van der Waals surface area contributed by atoms with Gasteiger partial charge in [-0.3, -0.25) is 0 Å². The van der Waals surface area contributed by atoms with Crippen molar-refractivity contribution in [2.45, 2.75) is 50.8 Å². The molecule has 1 N–H and O–H groups in total. The van der Waals surface area contributed by atoms with Gasteiger partial charge in [0, 0.05) is 16.2 Å². The van der Waals surface area contributed by atoms with E-state index < -0.39 is 0 Å². The van der Waals surface area contributed by atoms with E-state index in [-0.39, 0.29) is 5.97 Å². The molecule has 1 aliphatic carbocycles. The Morgan fingerprint density at radius 2 is 2.15 bits per heavy atom. The van der Waals surface area contributed by atoms with E-state index in [0.29, 0.717) is 18.3 Å². The van der Waals surface area contributed by atoms with Crippen LogP contribution in [-0.4, -0.2) is 35.1 Å². The van der Waals surface area contributed by atoms with E-state index in [0.717, 1.165) is 15.3 Å². The number of hydrogen-bond donors (Lipinski definition) is 1. The summed E-state index contributed by atoms with van der Waals surface area (Å²) in [5.74, 6) is -0.319. The van der Waals surface area contributed by atoms with Crippen LogP contribution in [0.5, 0.6) is 0 Å². The molecule has 6 heteroatoms. The second-order valence-corrected chi connectivity index (χ2v) is 7.34. The molecule has 0 atom stereocenters. The zero-order valence-corrected chi connectivity index (χ0v) is 13.9. The first kappa shape index (κ1) is 15.6. The third-order valence-electron chi connectivity index (χ3n) is 3.60. The number of anilines is 1. The maximum absolute atomic E-state index is 11.7. The second kappa shape index (κ2) is 7.31. The van der Waals surface area contributed by atoms with Crippen LogP contribution in [0.1, 0.15) is 48.0 Å². The van der Waals surface area contributed by atoms with Gasteiger partial charge in [-0.15, -0.1) is 11.3 Å². The number of aryl methyl sites for hydroxylation is 1. The molecular formula is C14H22N2O2S2. The summed E-state index contributed by atoms with van der Waals surface area (Å²) in [6.45, 7) is 4.11. The van der Waals surface area contributed by atoms with Gasteiger partial charge in [-0.1, -0.05) is 0 Å². The Morgan fingerprint density at radius 3 is 2.75 bits per heavy atom. The third kappa shape index (κ3) is 3.88. The van der Waals surface area contributed by atoms with Crippen molar-refractivity contribution in [1.82, 2.24) is 4.98 Å². The quantitative estimate of drug-likeness (QED) is 0.840. The number of thioether (sulfide) groups is 1. The fourth-order valence-corrected chi connectivity index (χ4v) is 4.09. The SMILES string of the molecule is CCOC(=O)c1nc(NC2CCC(SC)CC2)sc1C. The molecule has 0 saturated heterocycles. The molecule has 0 bridgehead atoms. The summed E-state index contributed by atoms with van der Waals surface area (Å²) >= 11 is 3.51. The Kier molecular flexibility index (Phi) is 5.72. The molecular weight excluding hydrogens is 292 g/mol. The summed E-state index contributed by atoms with van der Waals surface area (Å²) in [6, 6.07) is 0.485. The van der Waals surface area contributed by atoms with E-state index in [1.807, 2.05) is 25.6 Å². The summed E-state index contributed by atoms with van der Waals surface area (Å²) in [4.78, 5) is 17.1. The largest absolute Gasteiger partial charge is 0.461 e. The van der Waals surface area contributed by atoms with Crippen LogP contribution < -0.4 is 5.32 Å². The summed E-state index contributed by atoms with van der Waals surface area (Å²) < 4.78 is 5.02. The molecule has 1 fully saturated rings. The van der Waals surface area contributed by atoms with Crippen LogP contribution in [0.2, 0.25) is 0 Å². The maximum Gasteiger partial charge on any atom is 0.358 e. The molecule has 1 aliphatic rings. The molecule has 1 saturated carbocycles. The highest BCUT2D eigenvalue weighted by Gasteiger charge is 2.22. The van der Waals surface area contributed by atoms with Crippen LogP contribution in [0, 0.1) is 6.92 Å². The van der Waals surface area contributed by atoms with Gasteiger partial charge >= 0.3 is 5.97 Å². The van der Waals surface area contributed by atoms with E-state index in [9.17, 15) is 4.79 Å². The average Bonchev–Trinajstić information content (AvgIpc) is 2.81. The first-order valence-electron chi connectivity index (χ1n) is 7.08. The lowest BCUT2D eigenvalue weighted by Crippen LogP contribution is -2.27. The molecule has 0 radical (unpaired) electrons. The summed E-state index contributed by atoms with van der Waals surface area (Å²) in [7, 11) is 0. The Bertz CT molecular complexity index is 454. The number of carbonyl (C=O) groups is 1. The van der Waals surface area contributed by atoms with E-state index in [1.165, 1.54) is 25.7 Å². The highest BCUT2D eigenvalue weighted by molar-refractivity contribution is 7.99. The molecule has 0 aliphatic heterocycles. The summed E-state index contributed by atoms with van der Waals surface area (Å²) in [5.41, 5.74) is 0.456. The van der Waals surface area contributed by atoms with Gasteiger partial charge in [-0.25, -0.2) is 9.78 Å². The molecule has 0 unspecified atom stereocenters. The standard InChI is InChI=1S/C14H22N2O2S2/c1-4-18-13(17)12-9(2)20-14(16-12)15-10-5-7-11(19-3)8-6-10/h10-11H,4-8H2,1-3H3,(H,15,16). The van der Waals surface area contributed by atoms with E-state index >= 15 is 0 Å². The number of rotatable bonds is 5. The van der Waals surface area contributed by atoms with Crippen molar-refractivity contribution in [2.24, 2.45) is 0 Å². The van der Waals surface area contributed by atoms with Crippen molar-refractivity contribution in [2.75, 3.05) is 18.2 Å². The molecule has 1 aromatic rings. The van der Waals surface area contributed by atoms with Gasteiger partial charge < -0.3 is 10.1 Å². The highest BCUT2D eigenvalue weighted by atomic mass is 32.2. The molecule has 0 amide bonds. The van der Waals surface area contributed by atoms with Gasteiger partial charge in [0.15, 0.2) is 10.8 Å². The molecule has 0 aromatic carbocycles. The van der Waals surface area contributed by atoms with Gasteiger partial charge in [0.1, 0.15) is 0 Å². The van der Waals surface area contributed by atoms with Crippen molar-refractivity contribution in [3.8, 4) is 0 Å². The number of ether oxygens (including phenoxy) is 1. The smallest absolute Gasteiger partial charge is 0.358 e. The topological polar surface area (TPSA) is 51.2 Å². The lowest BCUT2D eigenvalue weighted by atomic mass is 9.95. The first-order chi connectivity index (χ1) is 9.63. The minimum atomic E-state index is -0.319. The predicted molar refractivity (Wildman–Crippen MR) is 86.0 cm³/mol. The average molecular weight is 314 g/mol. The lowest BCUT2D eigenvalue weighted by molar-refractivity contribution is 0.0519.